The minimum absolute atomic E-state index is 0.150. The summed E-state index contributed by atoms with van der Waals surface area (Å²) in [5, 5.41) is 2.53. The smallest absolute Gasteiger partial charge is 0.161 e. The molecule has 0 saturated heterocycles. The van der Waals surface area contributed by atoms with Gasteiger partial charge in [0.2, 0.25) is 0 Å². The Morgan fingerprint density at radius 1 is 0.852 bits per heavy atom. The van der Waals surface area contributed by atoms with Crippen molar-refractivity contribution in [3.63, 3.8) is 0 Å². The van der Waals surface area contributed by atoms with E-state index < -0.39 is 0 Å². The molecule has 1 aliphatic rings. The Kier molecular flexibility index (Phi) is 4.23. The van der Waals surface area contributed by atoms with Crippen molar-refractivity contribution < 1.29 is 9.47 Å². The first-order valence-corrected chi connectivity index (χ1v) is 9.06. The Bertz CT molecular complexity index is 1080. The van der Waals surface area contributed by atoms with E-state index in [4.69, 9.17) is 14.5 Å². The van der Waals surface area contributed by atoms with Crippen LogP contribution >= 0.6 is 0 Å². The van der Waals surface area contributed by atoms with Crippen molar-refractivity contribution in [2.45, 2.75) is 19.3 Å². The van der Waals surface area contributed by atoms with Crippen LogP contribution in [0.4, 0.5) is 5.69 Å². The maximum Gasteiger partial charge on any atom is 0.161 e. The molecule has 0 atom stereocenters. The van der Waals surface area contributed by atoms with E-state index >= 15 is 0 Å². The second kappa shape index (κ2) is 6.58. The predicted molar refractivity (Wildman–Crippen MR) is 113 cm³/mol. The molecule has 0 radical (unpaired) electrons. The average Bonchev–Trinajstić information content (AvgIpc) is 2.96. The fourth-order valence-corrected chi connectivity index (χ4v) is 3.78. The van der Waals surface area contributed by atoms with E-state index in [-0.39, 0.29) is 5.41 Å². The van der Waals surface area contributed by atoms with Crippen molar-refractivity contribution in [2.24, 2.45) is 4.99 Å². The normalized spacial score (nSPS) is 15.0. The van der Waals surface area contributed by atoms with E-state index in [9.17, 15) is 0 Å². The molecule has 0 fully saturated rings. The van der Waals surface area contributed by atoms with Gasteiger partial charge in [-0.3, -0.25) is 4.99 Å². The Balaban J connectivity index is 1.71. The third kappa shape index (κ3) is 2.89. The maximum absolute atomic E-state index is 5.40. The van der Waals surface area contributed by atoms with Crippen molar-refractivity contribution in [1.82, 2.24) is 0 Å². The lowest BCUT2D eigenvalue weighted by molar-refractivity contribution is 0.355. The summed E-state index contributed by atoms with van der Waals surface area (Å²) in [6.45, 7) is 4.48. The first-order chi connectivity index (χ1) is 13.0. The van der Waals surface area contributed by atoms with Gasteiger partial charge in [-0.25, -0.2) is 0 Å². The molecule has 0 aromatic heterocycles. The van der Waals surface area contributed by atoms with E-state index in [1.54, 1.807) is 14.2 Å². The van der Waals surface area contributed by atoms with Crippen LogP contribution in [0.5, 0.6) is 11.5 Å². The second-order valence-corrected chi connectivity index (χ2v) is 7.25. The fraction of sp³-hybridized carbons (Fsp3) is 0.208. The molecule has 0 spiro atoms. The second-order valence-electron chi connectivity index (χ2n) is 7.25. The Hall–Kier alpha value is -3.07. The quantitative estimate of drug-likeness (QED) is 0.579. The number of rotatable bonds is 4. The predicted octanol–water partition coefficient (Wildman–Crippen LogP) is 5.93. The summed E-state index contributed by atoms with van der Waals surface area (Å²) in [5.74, 6) is 1.45. The molecular weight excluding hydrogens is 334 g/mol. The molecule has 3 aromatic carbocycles. The molecule has 1 heterocycles. The standard InChI is InChI=1S/C24H23NO2/c1-24(2)22(14-10-16-9-13-20(26-3)21(15-16)27-4)25-19-12-11-17-7-5-6-8-18(17)23(19)24/h5-15H,1-4H3. The highest BCUT2D eigenvalue weighted by Crippen LogP contribution is 2.44. The summed E-state index contributed by atoms with van der Waals surface area (Å²) in [5.41, 5.74) is 4.32. The SMILES string of the molecule is COc1ccc(C=CC2=Nc3ccc4ccccc4c3C2(C)C)cc1OC. The van der Waals surface area contributed by atoms with Crippen molar-refractivity contribution >= 4 is 28.2 Å². The molecule has 0 bridgehead atoms. The minimum atomic E-state index is -0.150. The molecule has 3 heteroatoms. The zero-order chi connectivity index (χ0) is 19.0. The van der Waals surface area contributed by atoms with E-state index in [0.29, 0.717) is 0 Å². The number of ether oxygens (including phenoxy) is 2. The van der Waals surface area contributed by atoms with Crippen LogP contribution in [-0.2, 0) is 5.41 Å². The number of fused-ring (bicyclic) bond motifs is 3. The molecule has 0 unspecified atom stereocenters. The highest BCUT2D eigenvalue weighted by atomic mass is 16.5. The Morgan fingerprint density at radius 2 is 1.63 bits per heavy atom. The third-order valence-corrected chi connectivity index (χ3v) is 5.25. The van der Waals surface area contributed by atoms with Crippen molar-refractivity contribution in [3.05, 3.63) is 71.8 Å². The van der Waals surface area contributed by atoms with E-state index in [2.05, 4.69) is 62.4 Å². The van der Waals surface area contributed by atoms with E-state index in [1.807, 2.05) is 18.2 Å². The lowest BCUT2D eigenvalue weighted by Crippen LogP contribution is -2.24. The number of aliphatic imine (C=N–C) groups is 1. The molecule has 4 rings (SSSR count). The molecule has 136 valence electrons. The van der Waals surface area contributed by atoms with Gasteiger partial charge in [0.15, 0.2) is 11.5 Å². The molecule has 3 aromatic rings. The van der Waals surface area contributed by atoms with Gasteiger partial charge in [0, 0.05) is 5.41 Å². The van der Waals surface area contributed by atoms with E-state index in [0.717, 1.165) is 28.5 Å². The van der Waals surface area contributed by atoms with Crippen LogP contribution in [0, 0.1) is 0 Å². The fourth-order valence-electron chi connectivity index (χ4n) is 3.78. The third-order valence-electron chi connectivity index (χ3n) is 5.25. The molecular formula is C24H23NO2. The zero-order valence-electron chi connectivity index (χ0n) is 16.1. The van der Waals surface area contributed by atoms with Gasteiger partial charge in [-0.1, -0.05) is 56.3 Å². The monoisotopic (exact) mass is 357 g/mol. The van der Waals surface area contributed by atoms with Crippen LogP contribution < -0.4 is 9.47 Å². The summed E-state index contributed by atoms with van der Waals surface area (Å²) >= 11 is 0. The first-order valence-electron chi connectivity index (χ1n) is 9.06. The number of nitrogens with zero attached hydrogens (tertiary/aromatic N) is 1. The first kappa shape index (κ1) is 17.3. The topological polar surface area (TPSA) is 30.8 Å². The van der Waals surface area contributed by atoms with Crippen molar-refractivity contribution in [1.29, 1.82) is 0 Å². The molecule has 1 aliphatic heterocycles. The molecule has 0 aliphatic carbocycles. The highest BCUT2D eigenvalue weighted by Gasteiger charge is 2.34. The summed E-state index contributed by atoms with van der Waals surface area (Å²) in [6, 6.07) is 18.7. The largest absolute Gasteiger partial charge is 0.493 e. The number of hydrogen-bond donors (Lipinski definition) is 0. The number of benzene rings is 3. The lowest BCUT2D eigenvalue weighted by atomic mass is 9.79. The molecule has 3 nitrogen and oxygen atoms in total. The molecule has 27 heavy (non-hydrogen) atoms. The summed E-state index contributed by atoms with van der Waals surface area (Å²) in [7, 11) is 3.29. The summed E-state index contributed by atoms with van der Waals surface area (Å²) in [6.07, 6.45) is 4.19. The van der Waals surface area contributed by atoms with Gasteiger partial charge in [-0.2, -0.15) is 0 Å². The zero-order valence-corrected chi connectivity index (χ0v) is 16.1. The Labute approximate surface area is 160 Å². The van der Waals surface area contributed by atoms with Gasteiger partial charge in [0.05, 0.1) is 25.6 Å². The van der Waals surface area contributed by atoms with Crippen LogP contribution in [0.1, 0.15) is 25.0 Å². The molecule has 0 amide bonds. The number of hydrogen-bond acceptors (Lipinski definition) is 3. The summed E-state index contributed by atoms with van der Waals surface area (Å²) in [4.78, 5) is 4.92. The number of allylic oxidation sites excluding steroid dienone is 1. The van der Waals surface area contributed by atoms with Gasteiger partial charge in [0.25, 0.3) is 0 Å². The summed E-state index contributed by atoms with van der Waals surface area (Å²) < 4.78 is 10.7. The molecule has 0 N–H and O–H groups in total. The van der Waals surface area contributed by atoms with Gasteiger partial charge in [0.1, 0.15) is 0 Å². The molecule has 0 saturated carbocycles. The van der Waals surface area contributed by atoms with Gasteiger partial charge in [-0.15, -0.1) is 0 Å². The van der Waals surface area contributed by atoms with Gasteiger partial charge in [-0.05, 0) is 46.2 Å². The van der Waals surface area contributed by atoms with Crippen LogP contribution in [0.3, 0.4) is 0 Å². The van der Waals surface area contributed by atoms with Crippen molar-refractivity contribution in [3.8, 4) is 11.5 Å². The lowest BCUT2D eigenvalue weighted by Gasteiger charge is -2.22. The van der Waals surface area contributed by atoms with Gasteiger partial charge < -0.3 is 9.47 Å². The van der Waals surface area contributed by atoms with Crippen LogP contribution in [-0.4, -0.2) is 19.9 Å². The maximum atomic E-state index is 5.40. The average molecular weight is 357 g/mol. The van der Waals surface area contributed by atoms with E-state index in [1.165, 1.54) is 16.3 Å². The Morgan fingerprint density at radius 3 is 2.41 bits per heavy atom. The van der Waals surface area contributed by atoms with Gasteiger partial charge >= 0.3 is 0 Å². The minimum Gasteiger partial charge on any atom is -0.493 e. The van der Waals surface area contributed by atoms with Crippen LogP contribution in [0.2, 0.25) is 0 Å². The van der Waals surface area contributed by atoms with Crippen LogP contribution in [0.25, 0.3) is 16.8 Å². The number of methoxy groups -OCH3 is 2. The van der Waals surface area contributed by atoms with Crippen LogP contribution in [0.15, 0.2) is 65.7 Å². The van der Waals surface area contributed by atoms with Crippen molar-refractivity contribution in [2.75, 3.05) is 14.2 Å². The highest BCUT2D eigenvalue weighted by molar-refractivity contribution is 6.13.